The highest BCUT2D eigenvalue weighted by Gasteiger charge is 2.08. The Morgan fingerprint density at radius 1 is 1.46 bits per heavy atom. The molecule has 1 aromatic carbocycles. The number of rotatable bonds is 0. The van der Waals surface area contributed by atoms with E-state index in [4.69, 9.17) is 0 Å². The summed E-state index contributed by atoms with van der Waals surface area (Å²) in [6, 6.07) is 2.89. The fourth-order valence-electron chi connectivity index (χ4n) is 1.38. The molecule has 2 aromatic rings. The van der Waals surface area contributed by atoms with Gasteiger partial charge in [-0.2, -0.15) is 0 Å². The summed E-state index contributed by atoms with van der Waals surface area (Å²) in [6.45, 7) is 1.89. The van der Waals surface area contributed by atoms with Crippen LogP contribution < -0.4 is 0 Å². The quantitative estimate of drug-likeness (QED) is 0.695. The first-order valence-corrected chi connectivity index (χ1v) is 4.67. The van der Waals surface area contributed by atoms with Crippen LogP contribution in [-0.2, 0) is 7.05 Å². The summed E-state index contributed by atoms with van der Waals surface area (Å²) in [5, 5.41) is 0. The molecule has 2 nitrogen and oxygen atoms in total. The molecule has 0 aliphatic carbocycles. The van der Waals surface area contributed by atoms with Gasteiger partial charge in [-0.1, -0.05) is 0 Å². The predicted octanol–water partition coefficient (Wildman–Crippen LogP) is 2.78. The minimum Gasteiger partial charge on any atom is -0.330 e. The highest BCUT2D eigenvalue weighted by atomic mass is 79.9. The topological polar surface area (TPSA) is 17.8 Å². The second-order valence-electron chi connectivity index (χ2n) is 2.97. The molecule has 0 saturated carbocycles. The van der Waals surface area contributed by atoms with E-state index < -0.39 is 0 Å². The summed E-state index contributed by atoms with van der Waals surface area (Å²) >= 11 is 3.31. The number of fused-ring (bicyclic) bond motifs is 1. The van der Waals surface area contributed by atoms with Gasteiger partial charge in [0, 0.05) is 17.6 Å². The van der Waals surface area contributed by atoms with Crippen molar-refractivity contribution < 1.29 is 4.39 Å². The minimum atomic E-state index is -0.266. The van der Waals surface area contributed by atoms with Crippen LogP contribution in [0.15, 0.2) is 16.6 Å². The monoisotopic (exact) mass is 242 g/mol. The van der Waals surface area contributed by atoms with Gasteiger partial charge in [0.15, 0.2) is 0 Å². The highest BCUT2D eigenvalue weighted by Crippen LogP contribution is 2.25. The van der Waals surface area contributed by atoms with E-state index in [9.17, 15) is 4.39 Å². The third-order valence-electron chi connectivity index (χ3n) is 2.11. The van der Waals surface area contributed by atoms with Crippen molar-refractivity contribution in [1.29, 1.82) is 0 Å². The van der Waals surface area contributed by atoms with Gasteiger partial charge in [-0.05, 0) is 28.9 Å². The van der Waals surface area contributed by atoms with Gasteiger partial charge >= 0.3 is 0 Å². The molecule has 0 atom stereocenters. The van der Waals surface area contributed by atoms with E-state index in [1.165, 1.54) is 12.1 Å². The molecule has 0 aliphatic heterocycles. The maximum Gasteiger partial charge on any atom is 0.126 e. The molecule has 0 saturated heterocycles. The van der Waals surface area contributed by atoms with E-state index in [0.29, 0.717) is 5.52 Å². The molecule has 0 spiro atoms. The zero-order valence-corrected chi connectivity index (χ0v) is 8.89. The van der Waals surface area contributed by atoms with Crippen molar-refractivity contribution in [2.24, 2.45) is 7.05 Å². The zero-order valence-electron chi connectivity index (χ0n) is 7.31. The molecule has 13 heavy (non-hydrogen) atoms. The lowest BCUT2D eigenvalue weighted by atomic mass is 10.3. The molecule has 68 valence electrons. The second-order valence-corrected chi connectivity index (χ2v) is 3.83. The Kier molecular flexibility index (Phi) is 1.87. The van der Waals surface area contributed by atoms with Gasteiger partial charge < -0.3 is 4.57 Å². The summed E-state index contributed by atoms with van der Waals surface area (Å²) in [7, 11) is 1.91. The normalized spacial score (nSPS) is 11.1. The van der Waals surface area contributed by atoms with Crippen LogP contribution in [0, 0.1) is 12.7 Å². The average molecular weight is 243 g/mol. The van der Waals surface area contributed by atoms with Crippen molar-refractivity contribution in [2.45, 2.75) is 6.92 Å². The molecule has 1 heterocycles. The number of benzene rings is 1. The second kappa shape index (κ2) is 2.80. The molecule has 1 aromatic heterocycles. The van der Waals surface area contributed by atoms with Crippen LogP contribution >= 0.6 is 15.9 Å². The molecular formula is C9H8BrFN2. The minimum absolute atomic E-state index is 0.266. The maximum absolute atomic E-state index is 13.0. The molecule has 0 fully saturated rings. The van der Waals surface area contributed by atoms with Crippen LogP contribution in [0.5, 0.6) is 0 Å². The van der Waals surface area contributed by atoms with Crippen molar-refractivity contribution in [3.8, 4) is 0 Å². The van der Waals surface area contributed by atoms with E-state index in [2.05, 4.69) is 20.9 Å². The molecule has 4 heteroatoms. The van der Waals surface area contributed by atoms with Crippen molar-refractivity contribution >= 4 is 27.0 Å². The summed E-state index contributed by atoms with van der Waals surface area (Å²) in [6.07, 6.45) is 0. The van der Waals surface area contributed by atoms with Crippen molar-refractivity contribution in [3.05, 3.63) is 28.2 Å². The first kappa shape index (κ1) is 8.69. The Morgan fingerprint density at radius 2 is 2.15 bits per heavy atom. The number of aryl methyl sites for hydroxylation is 2. The van der Waals surface area contributed by atoms with Gasteiger partial charge in [-0.15, -0.1) is 0 Å². The van der Waals surface area contributed by atoms with Crippen molar-refractivity contribution in [2.75, 3.05) is 0 Å². The molecule has 0 radical (unpaired) electrons. The lowest BCUT2D eigenvalue weighted by molar-refractivity contribution is 0.628. The number of hydrogen-bond acceptors (Lipinski definition) is 1. The molecule has 0 unspecified atom stereocenters. The van der Waals surface area contributed by atoms with Crippen LogP contribution in [0.1, 0.15) is 5.82 Å². The third kappa shape index (κ3) is 1.25. The van der Waals surface area contributed by atoms with Crippen LogP contribution in [0.4, 0.5) is 4.39 Å². The first-order chi connectivity index (χ1) is 6.09. The highest BCUT2D eigenvalue weighted by molar-refractivity contribution is 9.10. The molecule has 0 amide bonds. The summed E-state index contributed by atoms with van der Waals surface area (Å²) in [5.41, 5.74) is 1.62. The summed E-state index contributed by atoms with van der Waals surface area (Å²) in [4.78, 5) is 4.23. The number of halogens is 2. The zero-order chi connectivity index (χ0) is 9.59. The number of nitrogens with zero attached hydrogens (tertiary/aromatic N) is 2. The lowest BCUT2D eigenvalue weighted by Crippen LogP contribution is -1.91. The van der Waals surface area contributed by atoms with Crippen LogP contribution in [-0.4, -0.2) is 9.55 Å². The van der Waals surface area contributed by atoms with Gasteiger partial charge in [-0.25, -0.2) is 9.37 Å². The molecule has 0 aliphatic rings. The lowest BCUT2D eigenvalue weighted by Gasteiger charge is -1.98. The Balaban J connectivity index is 2.94. The average Bonchev–Trinajstić information content (AvgIpc) is 2.27. The van der Waals surface area contributed by atoms with Gasteiger partial charge in [0.05, 0.1) is 11.0 Å². The predicted molar refractivity (Wildman–Crippen MR) is 53.1 cm³/mol. The van der Waals surface area contributed by atoms with Crippen LogP contribution in [0.2, 0.25) is 0 Å². The molecule has 0 N–H and O–H groups in total. The standard InChI is InChI=1S/C9H8BrFN2/c1-5-12-8-4-6(11)3-7(10)9(8)13(5)2/h3-4H,1-2H3. The summed E-state index contributed by atoms with van der Waals surface area (Å²) in [5.74, 6) is 0.610. The van der Waals surface area contributed by atoms with Gasteiger partial charge in [0.1, 0.15) is 11.6 Å². The largest absolute Gasteiger partial charge is 0.330 e. The first-order valence-electron chi connectivity index (χ1n) is 3.87. The Bertz CT molecular complexity index is 476. The van der Waals surface area contributed by atoms with Crippen LogP contribution in [0.3, 0.4) is 0 Å². The Hall–Kier alpha value is -0.900. The molecular weight excluding hydrogens is 235 g/mol. The Morgan fingerprint density at radius 3 is 2.85 bits per heavy atom. The van der Waals surface area contributed by atoms with E-state index in [1.54, 1.807) is 0 Å². The van der Waals surface area contributed by atoms with Gasteiger partial charge in [0.25, 0.3) is 0 Å². The molecule has 2 rings (SSSR count). The molecule has 0 bridgehead atoms. The van der Waals surface area contributed by atoms with E-state index >= 15 is 0 Å². The Labute approximate surface area is 83.5 Å². The number of aromatic nitrogens is 2. The fraction of sp³-hybridized carbons (Fsp3) is 0.222. The number of imidazole rings is 1. The van der Waals surface area contributed by atoms with Gasteiger partial charge in [0.2, 0.25) is 0 Å². The van der Waals surface area contributed by atoms with Crippen molar-refractivity contribution in [3.63, 3.8) is 0 Å². The van der Waals surface area contributed by atoms with E-state index in [-0.39, 0.29) is 5.82 Å². The fourth-order valence-corrected chi connectivity index (χ4v) is 2.07. The third-order valence-corrected chi connectivity index (χ3v) is 2.72. The summed E-state index contributed by atoms with van der Waals surface area (Å²) < 4.78 is 15.6. The van der Waals surface area contributed by atoms with E-state index in [1.807, 2.05) is 18.5 Å². The SMILES string of the molecule is Cc1nc2cc(F)cc(Br)c2n1C. The van der Waals surface area contributed by atoms with E-state index in [0.717, 1.165) is 15.8 Å². The smallest absolute Gasteiger partial charge is 0.126 e. The van der Waals surface area contributed by atoms with Crippen molar-refractivity contribution in [1.82, 2.24) is 9.55 Å². The number of hydrogen-bond donors (Lipinski definition) is 0. The maximum atomic E-state index is 13.0. The van der Waals surface area contributed by atoms with Crippen LogP contribution in [0.25, 0.3) is 11.0 Å². The van der Waals surface area contributed by atoms with Gasteiger partial charge in [-0.3, -0.25) is 0 Å².